The summed E-state index contributed by atoms with van der Waals surface area (Å²) in [7, 11) is -8.83. The molecule has 0 radical (unpaired) electrons. The molecule has 1 rings (SSSR count). The summed E-state index contributed by atoms with van der Waals surface area (Å²) in [4.78, 5) is 9.90. The number of rotatable bonds is 26. The van der Waals surface area contributed by atoms with Gasteiger partial charge in [-0.3, -0.25) is 13.6 Å². The van der Waals surface area contributed by atoms with Crippen LogP contribution < -0.4 is 0 Å². The molecular formula is C28H52O7P2. The molecule has 0 heterocycles. The average Bonchev–Trinajstić information content (AvgIpc) is 2.88. The van der Waals surface area contributed by atoms with Crippen LogP contribution >= 0.6 is 15.6 Å². The minimum Gasteiger partial charge on any atom is -0.302 e. The largest absolute Gasteiger partial charge is 0.484 e. The summed E-state index contributed by atoms with van der Waals surface area (Å²) in [5, 5.41) is 0. The number of benzene rings is 1. The van der Waals surface area contributed by atoms with Crippen molar-refractivity contribution >= 4 is 15.6 Å². The van der Waals surface area contributed by atoms with Crippen molar-refractivity contribution in [3.8, 4) is 0 Å². The molecule has 1 aromatic carbocycles. The molecule has 0 saturated carbocycles. The van der Waals surface area contributed by atoms with E-state index in [1.54, 1.807) is 19.1 Å². The number of unbranched alkanes of at least 4 members (excludes halogenated alkanes) is 15. The van der Waals surface area contributed by atoms with Crippen LogP contribution in [0.1, 0.15) is 129 Å². The molecule has 37 heavy (non-hydrogen) atoms. The van der Waals surface area contributed by atoms with E-state index in [2.05, 4.69) is 6.92 Å². The van der Waals surface area contributed by atoms with Crippen LogP contribution in [-0.4, -0.2) is 18.1 Å². The highest BCUT2D eigenvalue weighted by molar-refractivity contribution is 7.61. The van der Waals surface area contributed by atoms with Crippen LogP contribution in [-0.2, 0) is 33.6 Å². The van der Waals surface area contributed by atoms with Gasteiger partial charge in [0.05, 0.1) is 19.8 Å². The van der Waals surface area contributed by atoms with E-state index >= 15 is 0 Å². The topological polar surface area (TPSA) is 91.3 Å². The van der Waals surface area contributed by atoms with Crippen LogP contribution in [0.3, 0.4) is 0 Å². The van der Waals surface area contributed by atoms with Crippen molar-refractivity contribution in [1.29, 1.82) is 0 Å². The van der Waals surface area contributed by atoms with Crippen LogP contribution in [0.2, 0.25) is 0 Å². The second-order valence-corrected chi connectivity index (χ2v) is 13.0. The molecule has 9 heteroatoms. The van der Waals surface area contributed by atoms with E-state index in [9.17, 15) is 14.0 Å². The molecule has 2 atom stereocenters. The zero-order valence-corrected chi connectivity index (χ0v) is 25.1. The lowest BCUT2D eigenvalue weighted by atomic mass is 10.0. The van der Waals surface area contributed by atoms with E-state index in [4.69, 9.17) is 17.9 Å². The Hall–Kier alpha value is -0.520. The molecule has 0 aliphatic heterocycles. The molecule has 0 aliphatic rings. The van der Waals surface area contributed by atoms with Crippen molar-refractivity contribution in [2.45, 2.75) is 130 Å². The van der Waals surface area contributed by atoms with Gasteiger partial charge < -0.3 is 4.89 Å². The molecular weight excluding hydrogens is 510 g/mol. The fraction of sp³-hybridized carbons (Fsp3) is 0.786. The maximum atomic E-state index is 13.0. The molecule has 0 amide bonds. The van der Waals surface area contributed by atoms with Crippen molar-refractivity contribution in [1.82, 2.24) is 0 Å². The Labute approximate surface area is 226 Å². The SMILES string of the molecule is CCCCCCCCCCCCCCCCCCOP(=O)(OCc1ccccc1)OP(=O)(O)OCCC. The Kier molecular flexibility index (Phi) is 20.8. The van der Waals surface area contributed by atoms with E-state index < -0.39 is 15.6 Å². The first-order valence-electron chi connectivity index (χ1n) is 14.5. The molecule has 2 unspecified atom stereocenters. The summed E-state index contributed by atoms with van der Waals surface area (Å²) in [5.74, 6) is 0. The van der Waals surface area contributed by atoms with Crippen molar-refractivity contribution in [3.05, 3.63) is 35.9 Å². The first kappa shape index (κ1) is 34.5. The molecule has 1 N–H and O–H groups in total. The molecule has 0 aliphatic carbocycles. The van der Waals surface area contributed by atoms with Gasteiger partial charge in [-0.25, -0.2) is 9.13 Å². The van der Waals surface area contributed by atoms with Crippen LogP contribution in [0.5, 0.6) is 0 Å². The van der Waals surface area contributed by atoms with E-state index in [0.717, 1.165) is 18.4 Å². The first-order valence-corrected chi connectivity index (χ1v) is 17.5. The van der Waals surface area contributed by atoms with Gasteiger partial charge in [-0.2, -0.15) is 4.31 Å². The lowest BCUT2D eigenvalue weighted by Gasteiger charge is -2.20. The highest BCUT2D eigenvalue weighted by Crippen LogP contribution is 2.63. The zero-order valence-electron chi connectivity index (χ0n) is 23.3. The molecule has 0 bridgehead atoms. The predicted octanol–water partition coefficient (Wildman–Crippen LogP) is 10.1. The maximum Gasteiger partial charge on any atom is 0.484 e. The normalized spacial score (nSPS) is 14.9. The Balaban J connectivity index is 2.17. The van der Waals surface area contributed by atoms with E-state index in [-0.39, 0.29) is 19.8 Å². The quantitative estimate of drug-likeness (QED) is 0.0887. The second kappa shape index (κ2) is 22.3. The summed E-state index contributed by atoms with van der Waals surface area (Å²) in [6.07, 6.45) is 20.6. The third kappa shape index (κ3) is 20.1. The third-order valence-corrected chi connectivity index (χ3v) is 9.22. The summed E-state index contributed by atoms with van der Waals surface area (Å²) in [6, 6.07) is 9.10. The van der Waals surface area contributed by atoms with Gasteiger partial charge in [0, 0.05) is 0 Å². The molecule has 216 valence electrons. The number of phosphoric acid groups is 2. The summed E-state index contributed by atoms with van der Waals surface area (Å²) in [5.41, 5.74) is 0.750. The van der Waals surface area contributed by atoms with Gasteiger partial charge in [-0.1, -0.05) is 140 Å². The highest BCUT2D eigenvalue weighted by atomic mass is 31.3. The smallest absolute Gasteiger partial charge is 0.302 e. The lowest BCUT2D eigenvalue weighted by molar-refractivity contribution is 0.121. The fourth-order valence-corrected chi connectivity index (χ4v) is 6.72. The molecule has 7 nitrogen and oxygen atoms in total. The number of hydrogen-bond acceptors (Lipinski definition) is 6. The summed E-state index contributed by atoms with van der Waals surface area (Å²) in [6.45, 7) is 4.12. The summed E-state index contributed by atoms with van der Waals surface area (Å²) >= 11 is 0. The molecule has 0 fully saturated rings. The number of phosphoric ester groups is 2. The van der Waals surface area contributed by atoms with Gasteiger partial charge in [-0.05, 0) is 18.4 Å². The van der Waals surface area contributed by atoms with Crippen LogP contribution in [0.4, 0.5) is 0 Å². The standard InChI is InChI=1S/C28H52O7P2/c1-3-5-6-7-8-9-10-11-12-13-14-15-16-17-18-22-26-33-37(31,35-36(29,30)32-25-4-2)34-27-28-23-20-19-21-24-28/h19-21,23-24H,3-18,22,25-27H2,1-2H3,(H,29,30). The van der Waals surface area contributed by atoms with Crippen molar-refractivity contribution < 1.29 is 31.9 Å². The van der Waals surface area contributed by atoms with Gasteiger partial charge in [0.25, 0.3) is 0 Å². The predicted molar refractivity (Wildman–Crippen MR) is 151 cm³/mol. The van der Waals surface area contributed by atoms with Crippen molar-refractivity contribution in [3.63, 3.8) is 0 Å². The first-order chi connectivity index (χ1) is 17.9. The van der Waals surface area contributed by atoms with Crippen LogP contribution in [0.15, 0.2) is 30.3 Å². The maximum absolute atomic E-state index is 13.0. The van der Waals surface area contributed by atoms with Gasteiger partial charge in [0.15, 0.2) is 0 Å². The average molecular weight is 563 g/mol. The summed E-state index contributed by atoms with van der Waals surface area (Å²) < 4.78 is 45.7. The third-order valence-electron chi connectivity index (χ3n) is 6.14. The van der Waals surface area contributed by atoms with Gasteiger partial charge in [0.2, 0.25) is 0 Å². The van der Waals surface area contributed by atoms with Gasteiger partial charge >= 0.3 is 15.6 Å². The number of hydrogen-bond donors (Lipinski definition) is 1. The van der Waals surface area contributed by atoms with Gasteiger partial charge in [-0.15, -0.1) is 0 Å². The van der Waals surface area contributed by atoms with Crippen molar-refractivity contribution in [2.24, 2.45) is 0 Å². The Bertz CT molecular complexity index is 745. The highest BCUT2D eigenvalue weighted by Gasteiger charge is 2.38. The van der Waals surface area contributed by atoms with E-state index in [1.807, 2.05) is 18.2 Å². The molecule has 0 spiro atoms. The lowest BCUT2D eigenvalue weighted by Crippen LogP contribution is -2.03. The van der Waals surface area contributed by atoms with E-state index in [1.165, 1.54) is 83.5 Å². The monoisotopic (exact) mass is 562 g/mol. The van der Waals surface area contributed by atoms with Gasteiger partial charge in [0.1, 0.15) is 0 Å². The Morgan fingerprint density at radius 1 is 0.595 bits per heavy atom. The van der Waals surface area contributed by atoms with Crippen LogP contribution in [0.25, 0.3) is 0 Å². The zero-order chi connectivity index (χ0) is 27.1. The molecule has 0 saturated heterocycles. The Morgan fingerprint density at radius 3 is 1.57 bits per heavy atom. The Morgan fingerprint density at radius 2 is 1.08 bits per heavy atom. The van der Waals surface area contributed by atoms with E-state index in [0.29, 0.717) is 12.8 Å². The molecule has 0 aromatic heterocycles. The fourth-order valence-electron chi connectivity index (χ4n) is 4.00. The second-order valence-electron chi connectivity index (χ2n) is 9.73. The minimum absolute atomic E-state index is 0.00554. The van der Waals surface area contributed by atoms with Crippen molar-refractivity contribution in [2.75, 3.05) is 13.2 Å². The molecule has 1 aromatic rings. The van der Waals surface area contributed by atoms with Crippen LogP contribution in [0, 0.1) is 0 Å². The minimum atomic E-state index is -4.56.